The molecule has 0 aromatic carbocycles. The van der Waals surface area contributed by atoms with Gasteiger partial charge >= 0.3 is 0 Å². The van der Waals surface area contributed by atoms with Gasteiger partial charge in [0.15, 0.2) is 0 Å². The lowest BCUT2D eigenvalue weighted by atomic mass is 10.1. The van der Waals surface area contributed by atoms with E-state index in [1.807, 2.05) is 13.0 Å². The number of nitrogens with zero attached hydrogens (tertiary/aromatic N) is 1. The molecule has 0 fully saturated rings. The number of fused-ring (bicyclic) bond motifs is 1. The van der Waals surface area contributed by atoms with Crippen LogP contribution >= 0.6 is 0 Å². The Morgan fingerprint density at radius 3 is 2.75 bits per heavy atom. The number of hydrogen-bond acceptors (Lipinski definition) is 0. The molecule has 0 radical (unpaired) electrons. The van der Waals surface area contributed by atoms with Crippen molar-refractivity contribution in [3.05, 3.63) is 47.3 Å². The standard InChI is InChI=1S/C15H17N/c1-4-9-12-13-10-7-6-8-11-15(13)16(3)14(12)5-2/h4-5,7-11H,2,6H2,1,3H3/b9-4-. The number of aromatic nitrogens is 1. The smallest absolute Gasteiger partial charge is 0.0485 e. The van der Waals surface area contributed by atoms with E-state index in [-0.39, 0.29) is 0 Å². The third-order valence-electron chi connectivity index (χ3n) is 2.92. The van der Waals surface area contributed by atoms with Crippen LogP contribution in [-0.4, -0.2) is 4.57 Å². The van der Waals surface area contributed by atoms with Crippen molar-refractivity contribution in [2.24, 2.45) is 7.05 Å². The molecular weight excluding hydrogens is 194 g/mol. The van der Waals surface area contributed by atoms with E-state index in [1.165, 1.54) is 22.5 Å². The summed E-state index contributed by atoms with van der Waals surface area (Å²) >= 11 is 0. The monoisotopic (exact) mass is 211 g/mol. The molecule has 0 amide bonds. The average Bonchev–Trinajstić information content (AvgIpc) is 2.48. The minimum Gasteiger partial charge on any atom is -0.344 e. The Balaban J connectivity index is 2.76. The topological polar surface area (TPSA) is 4.93 Å². The number of rotatable bonds is 2. The van der Waals surface area contributed by atoms with E-state index in [2.05, 4.69) is 54.6 Å². The summed E-state index contributed by atoms with van der Waals surface area (Å²) in [6.07, 6.45) is 15.9. The van der Waals surface area contributed by atoms with Crippen molar-refractivity contribution in [3.8, 4) is 0 Å². The molecule has 0 N–H and O–H groups in total. The Hall–Kier alpha value is -1.76. The molecule has 1 aromatic rings. The molecule has 1 heteroatoms. The summed E-state index contributed by atoms with van der Waals surface area (Å²) in [5.41, 5.74) is 5.00. The van der Waals surface area contributed by atoms with E-state index in [0.717, 1.165) is 6.42 Å². The molecule has 0 saturated carbocycles. The van der Waals surface area contributed by atoms with Crippen molar-refractivity contribution in [3.63, 3.8) is 0 Å². The van der Waals surface area contributed by atoms with E-state index in [1.54, 1.807) is 0 Å². The SMILES string of the molecule is C=Cc1c(/C=C\C)c2c(n1C)C=CCC=C2. The lowest BCUT2D eigenvalue weighted by Gasteiger charge is -2.00. The van der Waals surface area contributed by atoms with E-state index in [0.29, 0.717) is 0 Å². The zero-order valence-electron chi connectivity index (χ0n) is 9.90. The molecule has 1 heterocycles. The lowest BCUT2D eigenvalue weighted by molar-refractivity contribution is 0.901. The second-order valence-electron chi connectivity index (χ2n) is 3.90. The number of allylic oxidation sites excluding steroid dienone is 3. The molecular formula is C15H17N. The van der Waals surface area contributed by atoms with Gasteiger partial charge in [0.1, 0.15) is 0 Å². The van der Waals surface area contributed by atoms with Crippen molar-refractivity contribution in [1.29, 1.82) is 0 Å². The Morgan fingerprint density at radius 1 is 1.31 bits per heavy atom. The first-order chi connectivity index (χ1) is 7.79. The van der Waals surface area contributed by atoms with Gasteiger partial charge in [-0.25, -0.2) is 0 Å². The maximum Gasteiger partial charge on any atom is 0.0485 e. The highest BCUT2D eigenvalue weighted by Crippen LogP contribution is 2.28. The van der Waals surface area contributed by atoms with E-state index in [9.17, 15) is 0 Å². The van der Waals surface area contributed by atoms with E-state index < -0.39 is 0 Å². The van der Waals surface area contributed by atoms with Crippen LogP contribution in [0.1, 0.15) is 35.9 Å². The minimum atomic E-state index is 1.01. The molecule has 0 unspecified atom stereocenters. The van der Waals surface area contributed by atoms with Gasteiger partial charge in [-0.2, -0.15) is 0 Å². The molecule has 82 valence electrons. The Bertz CT molecular complexity index is 496. The van der Waals surface area contributed by atoms with Gasteiger partial charge in [0.05, 0.1) is 0 Å². The van der Waals surface area contributed by atoms with Gasteiger partial charge in [0, 0.05) is 29.6 Å². The molecule has 0 aliphatic heterocycles. The quantitative estimate of drug-likeness (QED) is 0.693. The van der Waals surface area contributed by atoms with Crippen LogP contribution in [0, 0.1) is 0 Å². The second-order valence-corrected chi connectivity index (χ2v) is 3.90. The summed E-state index contributed by atoms with van der Waals surface area (Å²) in [7, 11) is 2.09. The molecule has 0 atom stereocenters. The van der Waals surface area contributed by atoms with Crippen LogP contribution in [0.3, 0.4) is 0 Å². The fraction of sp³-hybridized carbons (Fsp3) is 0.200. The first kappa shape index (κ1) is 10.7. The van der Waals surface area contributed by atoms with Gasteiger partial charge in [-0.3, -0.25) is 0 Å². The molecule has 2 rings (SSSR count). The summed E-state index contributed by atoms with van der Waals surface area (Å²) in [5.74, 6) is 0. The second kappa shape index (κ2) is 4.40. The van der Waals surface area contributed by atoms with Crippen LogP contribution in [-0.2, 0) is 7.05 Å². The maximum absolute atomic E-state index is 3.90. The highest BCUT2D eigenvalue weighted by atomic mass is 15.0. The molecule has 16 heavy (non-hydrogen) atoms. The molecule has 1 aliphatic carbocycles. The highest BCUT2D eigenvalue weighted by molar-refractivity contribution is 5.80. The Morgan fingerprint density at radius 2 is 2.06 bits per heavy atom. The van der Waals surface area contributed by atoms with Crippen molar-refractivity contribution >= 4 is 24.3 Å². The van der Waals surface area contributed by atoms with Crippen LogP contribution in [0.2, 0.25) is 0 Å². The van der Waals surface area contributed by atoms with Gasteiger partial charge in [-0.05, 0) is 25.5 Å². The normalized spacial score (nSPS) is 14.1. The first-order valence-electron chi connectivity index (χ1n) is 5.60. The zero-order chi connectivity index (χ0) is 11.5. The van der Waals surface area contributed by atoms with Gasteiger partial charge in [-0.1, -0.05) is 37.0 Å². The zero-order valence-corrected chi connectivity index (χ0v) is 9.90. The average molecular weight is 211 g/mol. The van der Waals surface area contributed by atoms with Crippen molar-refractivity contribution in [2.45, 2.75) is 13.3 Å². The van der Waals surface area contributed by atoms with Crippen LogP contribution in [0.4, 0.5) is 0 Å². The third kappa shape index (κ3) is 1.58. The molecule has 1 aliphatic rings. The molecule has 1 nitrogen and oxygen atoms in total. The van der Waals surface area contributed by atoms with E-state index in [4.69, 9.17) is 0 Å². The third-order valence-corrected chi connectivity index (χ3v) is 2.92. The van der Waals surface area contributed by atoms with Gasteiger partial charge in [-0.15, -0.1) is 0 Å². The van der Waals surface area contributed by atoms with Crippen molar-refractivity contribution in [2.75, 3.05) is 0 Å². The van der Waals surface area contributed by atoms with Crippen LogP contribution < -0.4 is 0 Å². The van der Waals surface area contributed by atoms with Crippen LogP contribution in [0.25, 0.3) is 24.3 Å². The fourth-order valence-corrected chi connectivity index (χ4v) is 2.18. The van der Waals surface area contributed by atoms with Crippen molar-refractivity contribution in [1.82, 2.24) is 4.57 Å². The van der Waals surface area contributed by atoms with Gasteiger partial charge in [0.25, 0.3) is 0 Å². The highest BCUT2D eigenvalue weighted by Gasteiger charge is 2.14. The summed E-state index contributed by atoms with van der Waals surface area (Å²) in [5, 5.41) is 0. The molecule has 0 saturated heterocycles. The maximum atomic E-state index is 3.90. The predicted molar refractivity (Wildman–Crippen MR) is 72.9 cm³/mol. The fourth-order valence-electron chi connectivity index (χ4n) is 2.18. The first-order valence-corrected chi connectivity index (χ1v) is 5.60. The molecule has 0 bridgehead atoms. The van der Waals surface area contributed by atoms with Crippen LogP contribution in [0.15, 0.2) is 24.8 Å². The van der Waals surface area contributed by atoms with Crippen molar-refractivity contribution < 1.29 is 0 Å². The minimum absolute atomic E-state index is 1.01. The summed E-state index contributed by atoms with van der Waals surface area (Å²) in [4.78, 5) is 0. The van der Waals surface area contributed by atoms with Gasteiger partial charge < -0.3 is 4.57 Å². The van der Waals surface area contributed by atoms with E-state index >= 15 is 0 Å². The number of hydrogen-bond donors (Lipinski definition) is 0. The van der Waals surface area contributed by atoms with Gasteiger partial charge in [0.2, 0.25) is 0 Å². The summed E-state index contributed by atoms with van der Waals surface area (Å²) in [6, 6.07) is 0. The summed E-state index contributed by atoms with van der Waals surface area (Å²) < 4.78 is 2.20. The predicted octanol–water partition coefficient (Wildman–Crippen LogP) is 4.13. The molecule has 0 spiro atoms. The Kier molecular flexibility index (Phi) is 2.95. The largest absolute Gasteiger partial charge is 0.344 e. The Labute approximate surface area is 97.1 Å². The van der Waals surface area contributed by atoms with Crippen LogP contribution in [0.5, 0.6) is 0 Å². The lowest BCUT2D eigenvalue weighted by Crippen LogP contribution is -1.93. The summed E-state index contributed by atoms with van der Waals surface area (Å²) in [6.45, 7) is 5.94. The molecule has 1 aromatic heterocycles.